The van der Waals surface area contributed by atoms with Gasteiger partial charge in [-0.25, -0.2) is 0 Å². The van der Waals surface area contributed by atoms with Crippen molar-refractivity contribution in [1.82, 2.24) is 4.90 Å². The van der Waals surface area contributed by atoms with Gasteiger partial charge in [0.15, 0.2) is 0 Å². The summed E-state index contributed by atoms with van der Waals surface area (Å²) in [6.07, 6.45) is 0.475. The van der Waals surface area contributed by atoms with Crippen LogP contribution in [0.2, 0.25) is 0 Å². The fourth-order valence-corrected chi connectivity index (χ4v) is 2.23. The summed E-state index contributed by atoms with van der Waals surface area (Å²) in [5, 5.41) is 8.68. The Morgan fingerprint density at radius 3 is 2.56 bits per heavy atom. The highest BCUT2D eigenvalue weighted by atomic mass is 16.4. The van der Waals surface area contributed by atoms with Crippen LogP contribution >= 0.6 is 0 Å². The molecule has 0 aliphatic carbocycles. The summed E-state index contributed by atoms with van der Waals surface area (Å²) >= 11 is 0. The second-order valence-corrected chi connectivity index (χ2v) is 4.45. The molecule has 4 nitrogen and oxygen atoms in total. The summed E-state index contributed by atoms with van der Waals surface area (Å²) in [6, 6.07) is 7.15. The minimum atomic E-state index is -0.850. The lowest BCUT2D eigenvalue weighted by Gasteiger charge is -2.25. The van der Waals surface area contributed by atoms with Crippen molar-refractivity contribution in [1.29, 1.82) is 0 Å². The Morgan fingerprint density at radius 1 is 1.39 bits per heavy atom. The predicted octanol–water partition coefficient (Wildman–Crippen LogP) is 2.37. The number of amides is 1. The third-order valence-corrected chi connectivity index (χ3v) is 3.19. The van der Waals surface area contributed by atoms with E-state index >= 15 is 0 Å². The van der Waals surface area contributed by atoms with Crippen molar-refractivity contribution in [3.8, 4) is 0 Å². The van der Waals surface area contributed by atoms with Gasteiger partial charge in [0.1, 0.15) is 0 Å². The monoisotopic (exact) mass is 245 g/mol. The summed E-state index contributed by atoms with van der Waals surface area (Å²) in [5.74, 6) is -0.940. The number of carboxylic acids is 1. The number of hydrogen-bond acceptors (Lipinski definition) is 2. The molecule has 0 radical (unpaired) electrons. The highest BCUT2D eigenvalue weighted by Gasteiger charge is 2.33. The van der Waals surface area contributed by atoms with E-state index in [2.05, 4.69) is 6.58 Å². The molecule has 2 rings (SSSR count). The van der Waals surface area contributed by atoms with Gasteiger partial charge in [-0.3, -0.25) is 9.59 Å². The lowest BCUT2D eigenvalue weighted by atomic mass is 10.1. The molecular weight excluding hydrogens is 230 g/mol. The predicted molar refractivity (Wildman–Crippen MR) is 68.0 cm³/mol. The van der Waals surface area contributed by atoms with Gasteiger partial charge in [-0.1, -0.05) is 24.8 Å². The number of benzene rings is 1. The van der Waals surface area contributed by atoms with Gasteiger partial charge >= 0.3 is 5.97 Å². The first-order valence-corrected chi connectivity index (χ1v) is 5.86. The Bertz CT molecular complexity index is 487. The second-order valence-electron chi connectivity index (χ2n) is 4.45. The van der Waals surface area contributed by atoms with E-state index < -0.39 is 5.97 Å². The first-order chi connectivity index (χ1) is 8.52. The second kappa shape index (κ2) is 4.64. The summed E-state index contributed by atoms with van der Waals surface area (Å²) in [4.78, 5) is 24.4. The van der Waals surface area contributed by atoms with Gasteiger partial charge in [0.25, 0.3) is 5.91 Å². The molecule has 1 aromatic rings. The largest absolute Gasteiger partial charge is 0.481 e. The van der Waals surface area contributed by atoms with Crippen LogP contribution in [0.5, 0.6) is 0 Å². The zero-order chi connectivity index (χ0) is 13.3. The van der Waals surface area contributed by atoms with Gasteiger partial charge in [-0.2, -0.15) is 0 Å². The van der Waals surface area contributed by atoms with Crippen LogP contribution in [0.3, 0.4) is 0 Å². The zero-order valence-corrected chi connectivity index (χ0v) is 10.2. The SMILES string of the molecule is C=C1c2ccccc2C(=O)N1C(C)CCC(=O)O. The van der Waals surface area contributed by atoms with Crippen LogP contribution in [0.4, 0.5) is 0 Å². The molecule has 4 heteroatoms. The van der Waals surface area contributed by atoms with Crippen LogP contribution in [0.15, 0.2) is 30.8 Å². The normalized spacial score (nSPS) is 15.7. The molecule has 0 fully saturated rings. The molecule has 1 aliphatic rings. The van der Waals surface area contributed by atoms with E-state index in [4.69, 9.17) is 5.11 Å². The maximum absolute atomic E-state index is 12.2. The first-order valence-electron chi connectivity index (χ1n) is 5.86. The van der Waals surface area contributed by atoms with Crippen LogP contribution in [0.1, 0.15) is 35.7 Å². The molecule has 94 valence electrons. The number of carboxylic acid groups (broad SMARTS) is 1. The molecule has 18 heavy (non-hydrogen) atoms. The fourth-order valence-electron chi connectivity index (χ4n) is 2.23. The Morgan fingerprint density at radius 2 is 2.00 bits per heavy atom. The Kier molecular flexibility index (Phi) is 3.19. The van der Waals surface area contributed by atoms with Crippen LogP contribution in [0, 0.1) is 0 Å². The zero-order valence-electron chi connectivity index (χ0n) is 10.2. The lowest BCUT2D eigenvalue weighted by Crippen LogP contribution is -2.32. The van der Waals surface area contributed by atoms with E-state index in [-0.39, 0.29) is 18.4 Å². The van der Waals surface area contributed by atoms with Crippen molar-refractivity contribution in [3.63, 3.8) is 0 Å². The number of hydrogen-bond donors (Lipinski definition) is 1. The molecular formula is C14H15NO3. The Labute approximate surface area is 106 Å². The van der Waals surface area contributed by atoms with E-state index in [1.807, 2.05) is 25.1 Å². The minimum absolute atomic E-state index is 0.0502. The highest BCUT2D eigenvalue weighted by molar-refractivity contribution is 6.09. The van der Waals surface area contributed by atoms with Crippen LogP contribution in [-0.2, 0) is 4.79 Å². The average Bonchev–Trinajstić information content (AvgIpc) is 2.60. The van der Waals surface area contributed by atoms with Gasteiger partial charge in [0.2, 0.25) is 0 Å². The third-order valence-electron chi connectivity index (χ3n) is 3.19. The number of fused-ring (bicyclic) bond motifs is 1. The van der Waals surface area contributed by atoms with Crippen molar-refractivity contribution in [2.45, 2.75) is 25.8 Å². The Hall–Kier alpha value is -2.10. The fraction of sp³-hybridized carbons (Fsp3) is 0.286. The van der Waals surface area contributed by atoms with Crippen molar-refractivity contribution >= 4 is 17.6 Å². The standard InChI is InChI=1S/C14H15NO3/c1-9(7-8-13(16)17)15-10(2)11-5-3-4-6-12(11)14(15)18/h3-6,9H,2,7-8H2,1H3,(H,16,17). The molecule has 1 aliphatic heterocycles. The van der Waals surface area contributed by atoms with E-state index in [1.165, 1.54) is 0 Å². The maximum Gasteiger partial charge on any atom is 0.303 e. The molecule has 1 unspecified atom stereocenters. The van der Waals surface area contributed by atoms with Crippen LogP contribution in [0.25, 0.3) is 5.70 Å². The van der Waals surface area contributed by atoms with E-state index in [1.54, 1.807) is 11.0 Å². The molecule has 0 spiro atoms. The summed E-state index contributed by atoms with van der Waals surface area (Å²) < 4.78 is 0. The summed E-state index contributed by atoms with van der Waals surface area (Å²) in [7, 11) is 0. The highest BCUT2D eigenvalue weighted by Crippen LogP contribution is 2.33. The molecule has 1 N–H and O–H groups in total. The maximum atomic E-state index is 12.2. The van der Waals surface area contributed by atoms with E-state index in [9.17, 15) is 9.59 Å². The van der Waals surface area contributed by atoms with E-state index in [0.29, 0.717) is 17.7 Å². The van der Waals surface area contributed by atoms with Gasteiger partial charge < -0.3 is 10.0 Å². The van der Waals surface area contributed by atoms with Crippen molar-refractivity contribution in [3.05, 3.63) is 42.0 Å². The number of carbonyl (C=O) groups excluding carboxylic acids is 1. The average molecular weight is 245 g/mol. The number of carbonyl (C=O) groups is 2. The summed E-state index contributed by atoms with van der Waals surface area (Å²) in [6.45, 7) is 5.78. The first kappa shape index (κ1) is 12.4. The van der Waals surface area contributed by atoms with Gasteiger partial charge in [0.05, 0.1) is 0 Å². The summed E-state index contributed by atoms with van der Waals surface area (Å²) in [5.41, 5.74) is 2.14. The molecule has 0 aromatic heterocycles. The number of rotatable bonds is 4. The molecule has 0 saturated carbocycles. The molecule has 0 saturated heterocycles. The molecule has 1 atom stereocenters. The number of nitrogens with zero attached hydrogens (tertiary/aromatic N) is 1. The van der Waals surface area contributed by atoms with Gasteiger partial charge in [0, 0.05) is 29.3 Å². The van der Waals surface area contributed by atoms with Gasteiger partial charge in [-0.05, 0) is 19.4 Å². The molecule has 1 amide bonds. The quantitative estimate of drug-likeness (QED) is 0.885. The van der Waals surface area contributed by atoms with Crippen LogP contribution in [-0.4, -0.2) is 27.9 Å². The van der Waals surface area contributed by atoms with E-state index in [0.717, 1.165) is 5.56 Å². The molecule has 0 bridgehead atoms. The molecule has 1 heterocycles. The smallest absolute Gasteiger partial charge is 0.303 e. The lowest BCUT2D eigenvalue weighted by molar-refractivity contribution is -0.137. The minimum Gasteiger partial charge on any atom is -0.481 e. The number of aliphatic carboxylic acids is 1. The third kappa shape index (κ3) is 2.01. The van der Waals surface area contributed by atoms with Crippen molar-refractivity contribution in [2.75, 3.05) is 0 Å². The van der Waals surface area contributed by atoms with Crippen LogP contribution < -0.4 is 0 Å². The Balaban J connectivity index is 2.20. The van der Waals surface area contributed by atoms with Gasteiger partial charge in [-0.15, -0.1) is 0 Å². The molecule has 1 aromatic carbocycles. The topological polar surface area (TPSA) is 57.6 Å². The van der Waals surface area contributed by atoms with Crippen molar-refractivity contribution < 1.29 is 14.7 Å². The van der Waals surface area contributed by atoms with Crippen molar-refractivity contribution in [2.24, 2.45) is 0 Å².